The van der Waals surface area contributed by atoms with Gasteiger partial charge < -0.3 is 19.5 Å². The van der Waals surface area contributed by atoms with Crippen LogP contribution in [0.4, 0.5) is 13.2 Å². The van der Waals surface area contributed by atoms with Gasteiger partial charge in [0.2, 0.25) is 0 Å². The summed E-state index contributed by atoms with van der Waals surface area (Å²) in [5.74, 6) is 1.68. The van der Waals surface area contributed by atoms with Crippen LogP contribution in [-0.4, -0.2) is 45.9 Å². The van der Waals surface area contributed by atoms with Crippen molar-refractivity contribution in [3.05, 3.63) is 48.0 Å². The Bertz CT molecular complexity index is 1020. The third-order valence-corrected chi connectivity index (χ3v) is 7.97. The maximum Gasteiger partial charge on any atom is 0.573 e. The molecule has 1 amide bonds. The number of amides is 1. The quantitative estimate of drug-likeness (QED) is 0.580. The molecule has 3 atom stereocenters. The van der Waals surface area contributed by atoms with E-state index in [9.17, 15) is 18.0 Å². The number of fused-ring (bicyclic) bond motifs is 1. The van der Waals surface area contributed by atoms with Gasteiger partial charge in [0.1, 0.15) is 11.4 Å². The van der Waals surface area contributed by atoms with Crippen LogP contribution < -0.4 is 10.1 Å². The van der Waals surface area contributed by atoms with E-state index in [0.717, 1.165) is 19.5 Å². The zero-order valence-electron chi connectivity index (χ0n) is 20.0. The molecule has 190 valence electrons. The summed E-state index contributed by atoms with van der Waals surface area (Å²) in [5, 5.41) is 3.45. The molecule has 1 N–H and O–H groups in total. The van der Waals surface area contributed by atoms with Crippen molar-refractivity contribution in [1.82, 2.24) is 19.8 Å². The molecule has 1 aromatic carbocycles. The first-order valence-electron chi connectivity index (χ1n) is 12.6. The molecule has 2 heterocycles. The number of hydrogen-bond donors (Lipinski definition) is 1. The van der Waals surface area contributed by atoms with Gasteiger partial charge in [-0.15, -0.1) is 13.2 Å². The van der Waals surface area contributed by atoms with Crippen molar-refractivity contribution < 1.29 is 22.7 Å². The number of aromatic nitrogens is 2. The molecule has 2 aliphatic carbocycles. The third kappa shape index (κ3) is 5.66. The molecule has 35 heavy (non-hydrogen) atoms. The van der Waals surface area contributed by atoms with Crippen LogP contribution in [0.3, 0.4) is 0 Å². The summed E-state index contributed by atoms with van der Waals surface area (Å²) in [6.07, 6.45) is 5.57. The molecule has 0 radical (unpaired) electrons. The predicted molar refractivity (Wildman–Crippen MR) is 125 cm³/mol. The first-order chi connectivity index (χ1) is 16.8. The molecule has 3 aliphatic rings. The van der Waals surface area contributed by atoms with Gasteiger partial charge in [-0.05, 0) is 60.9 Å². The number of aryl methyl sites for hydroxylation is 1. The number of halogens is 3. The largest absolute Gasteiger partial charge is 0.573 e. The molecule has 2 saturated carbocycles. The number of benzene rings is 1. The van der Waals surface area contributed by atoms with Crippen molar-refractivity contribution in [2.24, 2.45) is 30.7 Å². The van der Waals surface area contributed by atoms with Crippen LogP contribution in [0.2, 0.25) is 0 Å². The van der Waals surface area contributed by atoms with E-state index in [-0.39, 0.29) is 24.2 Å². The minimum absolute atomic E-state index is 0.0388. The normalized spacial score (nSPS) is 25.2. The van der Waals surface area contributed by atoms with E-state index in [1.807, 2.05) is 11.9 Å². The number of carbonyl (C=O) groups excluding carboxylic acids is 1. The molecule has 2 aromatic rings. The van der Waals surface area contributed by atoms with Crippen molar-refractivity contribution >= 4 is 5.91 Å². The van der Waals surface area contributed by atoms with E-state index in [0.29, 0.717) is 34.9 Å². The zero-order chi connectivity index (χ0) is 24.6. The fourth-order valence-corrected chi connectivity index (χ4v) is 6.34. The lowest BCUT2D eigenvalue weighted by Gasteiger charge is -2.36. The second-order valence-corrected chi connectivity index (χ2v) is 10.4. The van der Waals surface area contributed by atoms with Crippen molar-refractivity contribution in [3.8, 4) is 5.75 Å². The summed E-state index contributed by atoms with van der Waals surface area (Å²) in [5.41, 5.74) is 0.987. The Morgan fingerprint density at radius 1 is 1.23 bits per heavy atom. The first-order valence-corrected chi connectivity index (χ1v) is 12.6. The topological polar surface area (TPSA) is 59.4 Å². The van der Waals surface area contributed by atoms with E-state index in [1.165, 1.54) is 44.2 Å². The Morgan fingerprint density at radius 2 is 1.97 bits per heavy atom. The van der Waals surface area contributed by atoms with E-state index >= 15 is 0 Å². The number of hydrogen-bond acceptors (Lipinski definition) is 4. The van der Waals surface area contributed by atoms with Crippen LogP contribution >= 0.6 is 0 Å². The predicted octanol–water partition coefficient (Wildman–Crippen LogP) is 4.77. The number of imidazole rings is 1. The number of nitrogens with zero attached hydrogens (tertiary/aromatic N) is 3. The van der Waals surface area contributed by atoms with Gasteiger partial charge >= 0.3 is 6.36 Å². The Balaban J connectivity index is 1.45. The summed E-state index contributed by atoms with van der Waals surface area (Å²) in [4.78, 5) is 20.0. The summed E-state index contributed by atoms with van der Waals surface area (Å²) < 4.78 is 44.3. The second-order valence-electron chi connectivity index (χ2n) is 10.4. The minimum atomic E-state index is -4.76. The van der Waals surface area contributed by atoms with Crippen molar-refractivity contribution in [1.29, 1.82) is 0 Å². The second kappa shape index (κ2) is 9.84. The number of carbonyl (C=O) groups is 1. The van der Waals surface area contributed by atoms with Crippen LogP contribution in [-0.2, 0) is 13.6 Å². The van der Waals surface area contributed by atoms with Gasteiger partial charge in [0.05, 0.1) is 6.33 Å². The van der Waals surface area contributed by atoms with E-state index < -0.39 is 6.36 Å². The van der Waals surface area contributed by atoms with Crippen LogP contribution in [0, 0.1) is 23.7 Å². The Morgan fingerprint density at radius 3 is 2.63 bits per heavy atom. The van der Waals surface area contributed by atoms with E-state index in [1.54, 1.807) is 29.2 Å². The summed E-state index contributed by atoms with van der Waals surface area (Å²) in [6.45, 7) is 2.17. The highest BCUT2D eigenvalue weighted by atomic mass is 19.4. The highest BCUT2D eigenvalue weighted by Crippen LogP contribution is 2.54. The molecule has 5 rings (SSSR count). The number of rotatable bonds is 8. The van der Waals surface area contributed by atoms with Crippen LogP contribution in [0.5, 0.6) is 5.75 Å². The van der Waals surface area contributed by atoms with Crippen molar-refractivity contribution in [3.63, 3.8) is 0 Å². The summed E-state index contributed by atoms with van der Waals surface area (Å²) in [7, 11) is 1.82. The standard InChI is InChI=1S/C26H33F3N4O2/c1-32-15-22(31-16-32)25(34)33(14-18-8-5-9-19(10-18)35-26(27,28)29)23(11-17-6-3-2-4-7-17)24-20-12-30-13-21(20)24/h5,8-10,15-17,20-21,23-24,30H,2-4,6-7,11-14H2,1H3. The number of ether oxygens (including phenoxy) is 1. The van der Waals surface area contributed by atoms with Gasteiger partial charge in [0, 0.05) is 25.8 Å². The molecule has 1 saturated heterocycles. The maximum absolute atomic E-state index is 13.8. The van der Waals surface area contributed by atoms with Crippen LogP contribution in [0.25, 0.3) is 0 Å². The lowest BCUT2D eigenvalue weighted by Crippen LogP contribution is -2.44. The van der Waals surface area contributed by atoms with Crippen molar-refractivity contribution in [2.45, 2.75) is 57.5 Å². The van der Waals surface area contributed by atoms with Crippen LogP contribution in [0.1, 0.15) is 54.6 Å². The van der Waals surface area contributed by atoms with Gasteiger partial charge in [-0.1, -0.05) is 44.2 Å². The minimum Gasteiger partial charge on any atom is -0.406 e. The number of alkyl halides is 3. The maximum atomic E-state index is 13.8. The Kier molecular flexibility index (Phi) is 6.79. The van der Waals surface area contributed by atoms with Crippen LogP contribution in [0.15, 0.2) is 36.8 Å². The van der Waals surface area contributed by atoms with Gasteiger partial charge in [-0.3, -0.25) is 4.79 Å². The number of nitrogens with one attached hydrogen (secondary N) is 1. The molecule has 0 bridgehead atoms. The number of piperidine rings is 1. The zero-order valence-corrected chi connectivity index (χ0v) is 20.0. The average molecular weight is 491 g/mol. The molecule has 1 aromatic heterocycles. The molecule has 9 heteroatoms. The Hall–Kier alpha value is -2.55. The van der Waals surface area contributed by atoms with Gasteiger partial charge in [0.25, 0.3) is 5.91 Å². The summed E-state index contributed by atoms with van der Waals surface area (Å²) in [6, 6.07) is 6.02. The lowest BCUT2D eigenvalue weighted by molar-refractivity contribution is -0.274. The molecule has 6 nitrogen and oxygen atoms in total. The highest BCUT2D eigenvalue weighted by molar-refractivity contribution is 5.92. The third-order valence-electron chi connectivity index (χ3n) is 7.97. The average Bonchev–Trinajstić information content (AvgIpc) is 3.13. The first kappa shape index (κ1) is 24.2. The van der Waals surface area contributed by atoms with Crippen molar-refractivity contribution in [2.75, 3.05) is 13.1 Å². The molecule has 3 unspecified atom stereocenters. The van der Waals surface area contributed by atoms with Gasteiger partial charge in [0.15, 0.2) is 0 Å². The molecular formula is C26H33F3N4O2. The Labute approximate surface area is 203 Å². The fraction of sp³-hybridized carbons (Fsp3) is 0.615. The molecule has 3 fully saturated rings. The SMILES string of the molecule is Cn1cnc(C(=O)N(Cc2cccc(OC(F)(F)F)c2)C(CC2CCCCC2)C2C3CNCC32)c1. The van der Waals surface area contributed by atoms with Gasteiger partial charge in [-0.2, -0.15) is 0 Å². The fourth-order valence-electron chi connectivity index (χ4n) is 6.34. The van der Waals surface area contributed by atoms with Gasteiger partial charge in [-0.25, -0.2) is 4.98 Å². The smallest absolute Gasteiger partial charge is 0.406 e. The highest BCUT2D eigenvalue weighted by Gasteiger charge is 2.58. The molecule has 1 aliphatic heterocycles. The van der Waals surface area contributed by atoms with E-state index in [2.05, 4.69) is 15.0 Å². The molecular weight excluding hydrogens is 457 g/mol. The monoisotopic (exact) mass is 490 g/mol. The molecule has 0 spiro atoms. The lowest BCUT2D eigenvalue weighted by atomic mass is 9.82. The summed E-state index contributed by atoms with van der Waals surface area (Å²) >= 11 is 0. The van der Waals surface area contributed by atoms with E-state index in [4.69, 9.17) is 0 Å².